The van der Waals surface area contributed by atoms with Gasteiger partial charge in [-0.05, 0) is 48.5 Å². The molecule has 26 heavy (non-hydrogen) atoms. The third-order valence-corrected chi connectivity index (χ3v) is 10.4. The number of amides is 2. The zero-order valence-corrected chi connectivity index (χ0v) is 17.5. The number of nitrogens with zero attached hydrogens (tertiary/aromatic N) is 1. The molecule has 2 amide bonds. The summed E-state index contributed by atoms with van der Waals surface area (Å²) in [4.78, 5) is 26.3. The summed E-state index contributed by atoms with van der Waals surface area (Å²) < 4.78 is 5.53. The van der Waals surface area contributed by atoms with Gasteiger partial charge in [-0.3, -0.25) is 14.5 Å². The molecule has 148 valence electrons. The van der Waals surface area contributed by atoms with Gasteiger partial charge in [-0.1, -0.05) is 20.8 Å². The largest absolute Gasteiger partial charge is 0.466 e. The molecule has 0 spiro atoms. The van der Waals surface area contributed by atoms with Crippen molar-refractivity contribution >= 4 is 21.8 Å². The minimum absolute atomic E-state index is 0.0357. The number of carbonyl (C=O) groups excluding carboxylic acids is 2. The zero-order chi connectivity index (χ0) is 19.2. The van der Waals surface area contributed by atoms with E-state index in [2.05, 4.69) is 26.1 Å². The highest BCUT2D eigenvalue weighted by Gasteiger charge is 2.37. The minimum atomic E-state index is -0.569. The summed E-state index contributed by atoms with van der Waals surface area (Å²) in [5, 5.41) is 3.22. The highest BCUT2D eigenvalue weighted by atomic mass is 32.3. The highest BCUT2D eigenvalue weighted by Crippen LogP contribution is 2.47. The van der Waals surface area contributed by atoms with Crippen LogP contribution in [0.5, 0.6) is 0 Å². The molecular weight excluding hydrogens is 348 g/mol. The Labute approximate surface area is 159 Å². The van der Waals surface area contributed by atoms with Gasteiger partial charge in [-0.2, -0.15) is 0 Å². The molecule has 0 bridgehead atoms. The van der Waals surface area contributed by atoms with E-state index in [1.165, 1.54) is 22.2 Å². The van der Waals surface area contributed by atoms with Crippen LogP contribution in [-0.2, 0) is 16.0 Å². The first-order valence-corrected chi connectivity index (χ1v) is 12.1. The van der Waals surface area contributed by atoms with Crippen LogP contribution in [0.3, 0.4) is 0 Å². The first kappa shape index (κ1) is 21.0. The highest BCUT2D eigenvalue weighted by molar-refractivity contribution is 8.33. The summed E-state index contributed by atoms with van der Waals surface area (Å²) >= 11 is 0. The van der Waals surface area contributed by atoms with E-state index in [9.17, 15) is 9.59 Å². The summed E-state index contributed by atoms with van der Waals surface area (Å²) in [6.45, 7) is 9.94. The van der Waals surface area contributed by atoms with Crippen LogP contribution in [0.15, 0.2) is 16.5 Å². The summed E-state index contributed by atoms with van der Waals surface area (Å²) in [7, 11) is -0.569. The number of nitrogens with one attached hydrogen (secondary N) is 1. The Morgan fingerprint density at radius 3 is 2.46 bits per heavy atom. The van der Waals surface area contributed by atoms with Gasteiger partial charge in [0.1, 0.15) is 11.5 Å². The summed E-state index contributed by atoms with van der Waals surface area (Å²) in [6.07, 6.45) is 1.94. The third kappa shape index (κ3) is 5.13. The van der Waals surface area contributed by atoms with E-state index in [0.717, 1.165) is 30.1 Å². The second-order valence-corrected chi connectivity index (χ2v) is 11.6. The fourth-order valence-corrected chi connectivity index (χ4v) is 6.47. The van der Waals surface area contributed by atoms with Crippen LogP contribution < -0.4 is 5.32 Å². The van der Waals surface area contributed by atoms with E-state index in [1.807, 2.05) is 19.1 Å². The molecule has 6 heteroatoms. The molecule has 1 saturated heterocycles. The lowest BCUT2D eigenvalue weighted by Crippen LogP contribution is -2.40. The monoisotopic (exact) mass is 382 g/mol. The van der Waals surface area contributed by atoms with Gasteiger partial charge >= 0.3 is 0 Å². The Kier molecular flexibility index (Phi) is 7.77. The van der Waals surface area contributed by atoms with Gasteiger partial charge < -0.3 is 9.73 Å². The molecule has 1 aromatic heterocycles. The van der Waals surface area contributed by atoms with Crippen molar-refractivity contribution in [3.05, 3.63) is 23.7 Å². The lowest BCUT2D eigenvalue weighted by atomic mass is 10.2. The molecule has 2 heterocycles. The SMILES string of the molecule is CCS(CC)(CC)CCCN1C(=O)CC(NCCc2ccc(C)o2)C1=O. The van der Waals surface area contributed by atoms with E-state index in [4.69, 9.17) is 4.42 Å². The van der Waals surface area contributed by atoms with Crippen molar-refractivity contribution in [2.45, 2.75) is 53.0 Å². The molecule has 0 saturated carbocycles. The first-order chi connectivity index (χ1) is 12.4. The van der Waals surface area contributed by atoms with E-state index in [1.54, 1.807) is 0 Å². The Bertz CT molecular complexity index is 602. The van der Waals surface area contributed by atoms with E-state index >= 15 is 0 Å². The number of imide groups is 1. The third-order valence-electron chi connectivity index (χ3n) is 5.60. The van der Waals surface area contributed by atoms with Gasteiger partial charge in [0, 0.05) is 19.5 Å². The topological polar surface area (TPSA) is 62.6 Å². The molecule has 1 aliphatic heterocycles. The first-order valence-electron chi connectivity index (χ1n) is 9.81. The summed E-state index contributed by atoms with van der Waals surface area (Å²) in [5.41, 5.74) is 0. The zero-order valence-electron chi connectivity index (χ0n) is 16.7. The van der Waals surface area contributed by atoms with Crippen molar-refractivity contribution in [2.24, 2.45) is 0 Å². The van der Waals surface area contributed by atoms with Gasteiger partial charge in [0.15, 0.2) is 0 Å². The van der Waals surface area contributed by atoms with Gasteiger partial charge in [0.25, 0.3) is 0 Å². The number of furan rings is 1. The Morgan fingerprint density at radius 1 is 1.19 bits per heavy atom. The van der Waals surface area contributed by atoms with Gasteiger partial charge in [-0.15, -0.1) is 0 Å². The summed E-state index contributed by atoms with van der Waals surface area (Å²) in [5.74, 6) is 6.56. The van der Waals surface area contributed by atoms with Crippen LogP contribution in [-0.4, -0.2) is 58.9 Å². The molecule has 1 N–H and O–H groups in total. The molecule has 1 unspecified atom stereocenters. The van der Waals surface area contributed by atoms with E-state index in [-0.39, 0.29) is 24.3 Å². The smallest absolute Gasteiger partial charge is 0.246 e. The quantitative estimate of drug-likeness (QED) is 0.598. The Balaban J connectivity index is 1.78. The van der Waals surface area contributed by atoms with Crippen LogP contribution in [0.2, 0.25) is 0 Å². The predicted molar refractivity (Wildman–Crippen MR) is 109 cm³/mol. The van der Waals surface area contributed by atoms with Crippen LogP contribution in [0.25, 0.3) is 0 Å². The lowest BCUT2D eigenvalue weighted by Gasteiger charge is -2.37. The van der Waals surface area contributed by atoms with Crippen molar-refractivity contribution in [3.8, 4) is 0 Å². The average molecular weight is 383 g/mol. The number of hydrogen-bond donors (Lipinski definition) is 1. The number of hydrogen-bond acceptors (Lipinski definition) is 4. The fourth-order valence-electron chi connectivity index (χ4n) is 3.64. The molecule has 1 aromatic rings. The van der Waals surface area contributed by atoms with Crippen LogP contribution in [0.4, 0.5) is 0 Å². The molecule has 5 nitrogen and oxygen atoms in total. The molecule has 1 atom stereocenters. The normalized spacial score (nSPS) is 18.8. The molecule has 2 rings (SSSR count). The molecular formula is C20H34N2O3S. The van der Waals surface area contributed by atoms with Crippen molar-refractivity contribution in [1.29, 1.82) is 0 Å². The summed E-state index contributed by atoms with van der Waals surface area (Å²) in [6, 6.07) is 3.51. The maximum absolute atomic E-state index is 12.6. The van der Waals surface area contributed by atoms with E-state index in [0.29, 0.717) is 13.1 Å². The number of rotatable bonds is 11. The van der Waals surface area contributed by atoms with Crippen LogP contribution in [0, 0.1) is 6.92 Å². The second-order valence-electron chi connectivity index (χ2n) is 7.01. The van der Waals surface area contributed by atoms with Crippen molar-refractivity contribution in [1.82, 2.24) is 10.2 Å². The number of likely N-dealkylation sites (tertiary alicyclic amines) is 1. The average Bonchev–Trinajstić information content (AvgIpc) is 3.17. The maximum atomic E-state index is 12.6. The van der Waals surface area contributed by atoms with Crippen LogP contribution in [0.1, 0.15) is 45.1 Å². The van der Waals surface area contributed by atoms with E-state index < -0.39 is 10.0 Å². The minimum Gasteiger partial charge on any atom is -0.466 e. The Morgan fingerprint density at radius 2 is 1.88 bits per heavy atom. The maximum Gasteiger partial charge on any atom is 0.246 e. The molecule has 1 aliphatic rings. The van der Waals surface area contributed by atoms with Gasteiger partial charge in [0.05, 0.1) is 12.5 Å². The van der Waals surface area contributed by atoms with Gasteiger partial charge in [0.2, 0.25) is 11.8 Å². The molecule has 0 radical (unpaired) electrons. The van der Waals surface area contributed by atoms with Crippen molar-refractivity contribution < 1.29 is 14.0 Å². The molecule has 1 fully saturated rings. The van der Waals surface area contributed by atoms with Gasteiger partial charge in [-0.25, -0.2) is 10.0 Å². The molecule has 0 aliphatic carbocycles. The predicted octanol–water partition coefficient (Wildman–Crippen LogP) is 3.10. The number of aryl methyl sites for hydroxylation is 1. The van der Waals surface area contributed by atoms with Crippen molar-refractivity contribution in [2.75, 3.05) is 36.1 Å². The van der Waals surface area contributed by atoms with Crippen LogP contribution >= 0.6 is 10.0 Å². The standard InChI is InChI=1S/C20H34N2O3S/c1-5-26(6-2,7-3)14-8-13-22-19(23)15-18(20(22)24)21-12-11-17-10-9-16(4)25-17/h9-10,18,21H,5-8,11-15H2,1-4H3. The molecule has 0 aromatic carbocycles. The lowest BCUT2D eigenvalue weighted by molar-refractivity contribution is -0.138. The number of carbonyl (C=O) groups is 2. The Hall–Kier alpha value is -1.27. The fraction of sp³-hybridized carbons (Fsp3) is 0.700. The van der Waals surface area contributed by atoms with Crippen molar-refractivity contribution in [3.63, 3.8) is 0 Å². The second kappa shape index (κ2) is 9.60.